The lowest BCUT2D eigenvalue weighted by atomic mass is 9.80. The van der Waals surface area contributed by atoms with Crippen molar-refractivity contribution in [3.05, 3.63) is 172 Å². The molecule has 5 aromatic rings. The number of aromatic nitrogens is 1. The number of benzene rings is 4. The average Bonchev–Trinajstić information content (AvgIpc) is 3.86. The number of β-lactam (4-membered cyclic amide) rings is 1. The molecule has 0 spiro atoms. The van der Waals surface area contributed by atoms with Crippen LogP contribution in [0.25, 0.3) is 0 Å². The van der Waals surface area contributed by atoms with Crippen LogP contribution >= 0.6 is 23.1 Å². The first kappa shape index (κ1) is 38.8. The monoisotopic (exact) mass is 825 g/mol. The molecular weight excluding hydrogens is 791 g/mol. The molecule has 4 heterocycles. The number of carboxylic acid groups (broad SMARTS) is 1. The molecule has 16 heteroatoms. The van der Waals surface area contributed by atoms with Crippen molar-refractivity contribution in [2.24, 2.45) is 10.9 Å². The Kier molecular flexibility index (Phi) is 10.6. The summed E-state index contributed by atoms with van der Waals surface area (Å²) in [5, 5.41) is 18.6. The molecule has 59 heavy (non-hydrogen) atoms. The lowest BCUT2D eigenvalue weighted by Crippen LogP contribution is -2.71. The van der Waals surface area contributed by atoms with E-state index in [1.54, 1.807) is 17.5 Å². The number of allylic oxidation sites excluding steroid dienone is 1. The first-order valence-corrected chi connectivity index (χ1v) is 20.3. The van der Waals surface area contributed by atoms with Gasteiger partial charge >= 0.3 is 5.97 Å². The van der Waals surface area contributed by atoms with Crippen LogP contribution in [0, 0.1) is 0 Å². The van der Waals surface area contributed by atoms with E-state index < -0.39 is 40.7 Å². The lowest BCUT2D eigenvalue weighted by molar-refractivity contribution is -0.150. The minimum atomic E-state index is -1.35. The van der Waals surface area contributed by atoms with Gasteiger partial charge in [0.1, 0.15) is 22.8 Å². The van der Waals surface area contributed by atoms with Crippen molar-refractivity contribution >= 4 is 69.2 Å². The number of nitrogen functional groups attached to an aromatic ring is 1. The van der Waals surface area contributed by atoms with E-state index in [0.717, 1.165) is 32.9 Å². The lowest BCUT2D eigenvalue weighted by Gasteiger charge is -2.49. The number of fused-ring (bicyclic) bond motifs is 1. The van der Waals surface area contributed by atoms with Gasteiger partial charge in [-0.1, -0.05) is 96.2 Å². The van der Waals surface area contributed by atoms with Crippen LogP contribution in [0.2, 0.25) is 0 Å². The fraction of sp³-hybridized carbons (Fsp3) is 0.140. The van der Waals surface area contributed by atoms with Gasteiger partial charge in [-0.15, -0.1) is 23.1 Å². The largest absolute Gasteiger partial charge is 0.477 e. The van der Waals surface area contributed by atoms with E-state index in [9.17, 15) is 29.1 Å². The topological polar surface area (TPSA) is 211 Å². The average molecular weight is 826 g/mol. The van der Waals surface area contributed by atoms with Crippen molar-refractivity contribution in [1.29, 1.82) is 0 Å². The van der Waals surface area contributed by atoms with Crippen molar-refractivity contribution in [2.45, 2.75) is 23.4 Å². The van der Waals surface area contributed by atoms with Gasteiger partial charge in [0.2, 0.25) is 11.5 Å². The normalized spacial score (nSPS) is 18.7. The summed E-state index contributed by atoms with van der Waals surface area (Å²) in [4.78, 5) is 79.3. The summed E-state index contributed by atoms with van der Waals surface area (Å²) < 4.78 is 0. The molecule has 296 valence electrons. The second kappa shape index (κ2) is 16.1. The molecule has 0 radical (unpaired) electrons. The number of carbonyl (C=O) groups excluding carboxylic acids is 4. The molecule has 0 unspecified atom stereocenters. The van der Waals surface area contributed by atoms with Crippen LogP contribution in [0.4, 0.5) is 10.8 Å². The fourth-order valence-electron chi connectivity index (χ4n) is 7.37. The number of hydrogen-bond acceptors (Lipinski definition) is 11. The first-order valence-electron chi connectivity index (χ1n) is 18.3. The molecule has 0 saturated carbocycles. The van der Waals surface area contributed by atoms with Crippen molar-refractivity contribution in [3.8, 4) is 0 Å². The van der Waals surface area contributed by atoms with Gasteiger partial charge in [-0.05, 0) is 42.3 Å². The van der Waals surface area contributed by atoms with E-state index >= 15 is 0 Å². The number of aliphatic carboxylic acids is 1. The number of nitrogens with two attached hydrogens (primary N) is 2. The van der Waals surface area contributed by atoms with E-state index in [0.29, 0.717) is 35.4 Å². The van der Waals surface area contributed by atoms with Crippen molar-refractivity contribution in [3.63, 3.8) is 0 Å². The molecule has 3 aliphatic heterocycles. The third kappa shape index (κ3) is 7.23. The summed E-state index contributed by atoms with van der Waals surface area (Å²) in [6.07, 6.45) is 1.86. The maximum atomic E-state index is 14.3. The molecule has 3 aliphatic rings. The molecule has 4 aromatic carbocycles. The van der Waals surface area contributed by atoms with E-state index in [2.05, 4.69) is 15.5 Å². The quantitative estimate of drug-likeness (QED) is 0.0450. The third-order valence-electron chi connectivity index (χ3n) is 10.2. The number of nitrogens with one attached hydrogen (secondary N) is 1. The molecule has 2 saturated heterocycles. The molecule has 14 nitrogen and oxygen atoms in total. The van der Waals surface area contributed by atoms with Gasteiger partial charge in [0.25, 0.3) is 17.7 Å². The van der Waals surface area contributed by atoms with Gasteiger partial charge < -0.3 is 31.6 Å². The summed E-state index contributed by atoms with van der Waals surface area (Å²) >= 11 is 2.35. The molecule has 0 bridgehead atoms. The summed E-state index contributed by atoms with van der Waals surface area (Å²) in [7, 11) is 0. The summed E-state index contributed by atoms with van der Waals surface area (Å²) in [5.74, 6) is -3.55. The number of anilines is 2. The van der Waals surface area contributed by atoms with Crippen LogP contribution in [0.15, 0.2) is 149 Å². The Morgan fingerprint density at radius 1 is 0.898 bits per heavy atom. The third-order valence-corrected chi connectivity index (χ3v) is 12.2. The second-order valence-corrected chi connectivity index (χ2v) is 15.7. The van der Waals surface area contributed by atoms with Crippen LogP contribution in [0.3, 0.4) is 0 Å². The van der Waals surface area contributed by atoms with Gasteiger partial charge in [-0.25, -0.2) is 9.78 Å². The van der Waals surface area contributed by atoms with Crippen molar-refractivity contribution in [2.75, 3.05) is 22.9 Å². The molecule has 1 aromatic heterocycles. The maximum Gasteiger partial charge on any atom is 0.352 e. The number of nitrogens with zero attached hydrogens (tertiary/aromatic N) is 4. The molecule has 0 aliphatic carbocycles. The van der Waals surface area contributed by atoms with Gasteiger partial charge in [-0.3, -0.25) is 24.1 Å². The van der Waals surface area contributed by atoms with Crippen molar-refractivity contribution in [1.82, 2.24) is 15.2 Å². The zero-order valence-corrected chi connectivity index (χ0v) is 32.7. The number of thioether (sulfide) groups is 1. The molecule has 2 atom stereocenters. The Bertz CT molecular complexity index is 2460. The van der Waals surface area contributed by atoms with Gasteiger partial charge in [0.05, 0.1) is 0 Å². The summed E-state index contributed by atoms with van der Waals surface area (Å²) in [6.45, 7) is 0.337. The SMILES string of the molecule is NC(=O)c1ccc(N2CCC(=CC3=C(C(=O)O)N4C(=O)[C@@H](NC(=O)C(=NOC(c5ccccc5)(c5ccccc5)c5ccccc5)c5csc(N)n5)[C@H]4SC3)C2=O)cc1. The van der Waals surface area contributed by atoms with Crippen LogP contribution in [0.1, 0.15) is 39.2 Å². The van der Waals surface area contributed by atoms with Gasteiger partial charge in [-0.2, -0.15) is 0 Å². The Morgan fingerprint density at radius 2 is 1.49 bits per heavy atom. The van der Waals surface area contributed by atoms with Crippen LogP contribution in [-0.4, -0.2) is 74.0 Å². The molecule has 6 N–H and O–H groups in total. The smallest absolute Gasteiger partial charge is 0.352 e. The molecule has 2 fully saturated rings. The zero-order chi connectivity index (χ0) is 41.3. The number of amides is 4. The zero-order valence-electron chi connectivity index (χ0n) is 31.1. The minimum Gasteiger partial charge on any atom is -0.477 e. The Balaban J connectivity index is 1.08. The predicted molar refractivity (Wildman–Crippen MR) is 223 cm³/mol. The number of primary amides is 1. The van der Waals surface area contributed by atoms with E-state index in [-0.39, 0.29) is 33.9 Å². The number of thiazole rings is 1. The van der Waals surface area contributed by atoms with Crippen molar-refractivity contribution < 1.29 is 33.9 Å². The number of carbonyl (C=O) groups is 5. The highest BCUT2D eigenvalue weighted by atomic mass is 32.2. The van der Waals surface area contributed by atoms with E-state index in [4.69, 9.17) is 16.3 Å². The Labute approximate surface area is 345 Å². The highest BCUT2D eigenvalue weighted by Crippen LogP contribution is 2.43. The van der Waals surface area contributed by atoms with Gasteiger partial charge in [0, 0.05) is 51.2 Å². The fourth-order valence-corrected chi connectivity index (χ4v) is 9.22. The number of carboxylic acids is 1. The maximum absolute atomic E-state index is 14.3. The number of rotatable bonds is 12. The summed E-state index contributed by atoms with van der Waals surface area (Å²) in [5.41, 5.74) is 13.3. The Hall–Kier alpha value is -7.04. The highest BCUT2D eigenvalue weighted by Gasteiger charge is 2.54. The minimum absolute atomic E-state index is 0.118. The number of oxime groups is 1. The standard InChI is InChI=1S/C43H35N7O7S2/c44-36(51)25-16-18-31(19-17-25)49-21-20-26(38(49)53)22-27-23-58-40-34(39(54)50(40)35(27)41(55)56)47-37(52)33(32-24-59-42(45)46-32)48-57-43(28-10-4-1-5-11-28,29-12-6-2-7-13-29)30-14-8-3-9-15-30/h1-19,22,24,34,40H,20-21,23H2,(H2,44,51)(H2,45,46)(H,47,52)(H,55,56)/t34-,40-/m1/s1. The number of hydrogen-bond donors (Lipinski definition) is 4. The molecule has 8 rings (SSSR count). The second-order valence-electron chi connectivity index (χ2n) is 13.7. The Morgan fingerprint density at radius 3 is 2.02 bits per heavy atom. The first-order chi connectivity index (χ1) is 28.6. The highest BCUT2D eigenvalue weighted by molar-refractivity contribution is 8.00. The molecule has 4 amide bonds. The van der Waals surface area contributed by atoms with Gasteiger partial charge in [0.15, 0.2) is 10.8 Å². The van der Waals surface area contributed by atoms with E-state index in [1.165, 1.54) is 34.9 Å². The van der Waals surface area contributed by atoms with E-state index in [1.807, 2.05) is 91.0 Å². The molecular formula is C43H35N7O7S2. The predicted octanol–water partition coefficient (Wildman–Crippen LogP) is 4.64. The van der Waals surface area contributed by atoms with Crippen LogP contribution in [0.5, 0.6) is 0 Å². The van der Waals surface area contributed by atoms with Crippen LogP contribution in [-0.2, 0) is 29.6 Å². The van der Waals surface area contributed by atoms with Crippen LogP contribution < -0.4 is 21.7 Å². The summed E-state index contributed by atoms with van der Waals surface area (Å²) in [6, 6.07) is 33.5.